The van der Waals surface area contributed by atoms with Crippen molar-refractivity contribution in [2.24, 2.45) is 0 Å². The Morgan fingerprint density at radius 2 is 2.35 bits per heavy atom. The minimum Gasteiger partial charge on any atom is -0.374 e. The molecule has 5 heteroatoms. The minimum atomic E-state index is -0.210. The number of nitrogens with zero attached hydrogens (tertiary/aromatic N) is 1. The Labute approximate surface area is 127 Å². The fourth-order valence-electron chi connectivity index (χ4n) is 3.04. The smallest absolute Gasteiger partial charge is 0.137 e. The van der Waals surface area contributed by atoms with Crippen LogP contribution >= 0.6 is 15.9 Å². The molecule has 0 spiro atoms. The van der Waals surface area contributed by atoms with Crippen LogP contribution in [-0.2, 0) is 11.3 Å². The van der Waals surface area contributed by atoms with Gasteiger partial charge in [-0.05, 0) is 53.0 Å². The van der Waals surface area contributed by atoms with E-state index in [1.165, 1.54) is 19.4 Å². The number of morpholine rings is 1. The first-order valence-electron chi connectivity index (χ1n) is 7.22. The van der Waals surface area contributed by atoms with E-state index in [1.807, 2.05) is 6.07 Å². The van der Waals surface area contributed by atoms with E-state index < -0.39 is 0 Å². The topological polar surface area (TPSA) is 24.5 Å². The Bertz CT molecular complexity index is 471. The summed E-state index contributed by atoms with van der Waals surface area (Å²) < 4.78 is 19.8. The summed E-state index contributed by atoms with van der Waals surface area (Å²) >= 11 is 3.17. The van der Waals surface area contributed by atoms with Gasteiger partial charge in [-0.1, -0.05) is 6.07 Å². The number of hydrogen-bond acceptors (Lipinski definition) is 3. The molecule has 3 rings (SSSR count). The molecule has 0 saturated carbocycles. The molecule has 2 heterocycles. The van der Waals surface area contributed by atoms with Crippen LogP contribution in [0.15, 0.2) is 22.7 Å². The molecule has 0 bridgehead atoms. The zero-order valence-electron chi connectivity index (χ0n) is 11.4. The van der Waals surface area contributed by atoms with Gasteiger partial charge in [0.2, 0.25) is 0 Å². The van der Waals surface area contributed by atoms with Gasteiger partial charge < -0.3 is 10.1 Å². The molecular formula is C15H20BrFN2O. The third-order valence-corrected chi connectivity index (χ3v) is 4.79. The second-order valence-electron chi connectivity index (χ2n) is 5.63. The van der Waals surface area contributed by atoms with Crippen molar-refractivity contribution in [3.8, 4) is 0 Å². The average molecular weight is 343 g/mol. The summed E-state index contributed by atoms with van der Waals surface area (Å²) in [4.78, 5) is 2.54. The van der Waals surface area contributed by atoms with Gasteiger partial charge in [0.15, 0.2) is 0 Å². The van der Waals surface area contributed by atoms with Crippen LogP contribution in [0.1, 0.15) is 18.4 Å². The summed E-state index contributed by atoms with van der Waals surface area (Å²) in [5.74, 6) is -0.210. The highest BCUT2D eigenvalue weighted by molar-refractivity contribution is 9.10. The largest absolute Gasteiger partial charge is 0.374 e. The molecule has 2 aliphatic rings. The zero-order valence-corrected chi connectivity index (χ0v) is 13.0. The Morgan fingerprint density at radius 3 is 3.20 bits per heavy atom. The van der Waals surface area contributed by atoms with E-state index >= 15 is 0 Å². The summed E-state index contributed by atoms with van der Waals surface area (Å²) in [6.07, 6.45) is 2.83. The highest BCUT2D eigenvalue weighted by Gasteiger charge is 2.31. The molecule has 1 aromatic carbocycles. The molecule has 1 aromatic rings. The van der Waals surface area contributed by atoms with Crippen LogP contribution in [0.2, 0.25) is 0 Å². The lowest BCUT2D eigenvalue weighted by Crippen LogP contribution is -2.49. The predicted molar refractivity (Wildman–Crippen MR) is 80.1 cm³/mol. The van der Waals surface area contributed by atoms with Crippen molar-refractivity contribution in [1.82, 2.24) is 10.2 Å². The van der Waals surface area contributed by atoms with Gasteiger partial charge in [-0.15, -0.1) is 0 Å². The van der Waals surface area contributed by atoms with Crippen molar-refractivity contribution in [2.75, 3.05) is 26.2 Å². The number of benzene rings is 1. The lowest BCUT2D eigenvalue weighted by Gasteiger charge is -2.35. The number of fused-ring (bicyclic) bond motifs is 1. The highest BCUT2D eigenvalue weighted by atomic mass is 79.9. The molecule has 2 aliphatic heterocycles. The van der Waals surface area contributed by atoms with Gasteiger partial charge in [0.05, 0.1) is 17.2 Å². The molecule has 20 heavy (non-hydrogen) atoms. The predicted octanol–water partition coefficient (Wildman–Crippen LogP) is 2.54. The van der Waals surface area contributed by atoms with Gasteiger partial charge >= 0.3 is 0 Å². The van der Waals surface area contributed by atoms with Crippen molar-refractivity contribution in [3.63, 3.8) is 0 Å². The third kappa shape index (κ3) is 3.39. The molecule has 0 amide bonds. The lowest BCUT2D eigenvalue weighted by molar-refractivity contribution is -0.0470. The summed E-state index contributed by atoms with van der Waals surface area (Å²) in [5, 5.41) is 3.36. The number of hydrogen-bond donors (Lipinski definition) is 1. The zero-order chi connectivity index (χ0) is 13.9. The van der Waals surface area contributed by atoms with Gasteiger partial charge in [-0.2, -0.15) is 0 Å². The van der Waals surface area contributed by atoms with Crippen LogP contribution in [0.25, 0.3) is 0 Å². The molecule has 2 unspecified atom stereocenters. The van der Waals surface area contributed by atoms with E-state index in [2.05, 4.69) is 26.1 Å². The van der Waals surface area contributed by atoms with Crippen molar-refractivity contribution in [3.05, 3.63) is 34.1 Å². The first-order valence-corrected chi connectivity index (χ1v) is 8.02. The van der Waals surface area contributed by atoms with Gasteiger partial charge in [-0.25, -0.2) is 4.39 Å². The molecule has 2 atom stereocenters. The van der Waals surface area contributed by atoms with Crippen LogP contribution in [0.3, 0.4) is 0 Å². The summed E-state index contributed by atoms with van der Waals surface area (Å²) in [6.45, 7) is 4.59. The minimum absolute atomic E-state index is 0.210. The van der Waals surface area contributed by atoms with Crippen LogP contribution in [-0.4, -0.2) is 43.3 Å². The average Bonchev–Trinajstić information content (AvgIpc) is 2.90. The van der Waals surface area contributed by atoms with Gasteiger partial charge in [0.25, 0.3) is 0 Å². The van der Waals surface area contributed by atoms with E-state index in [0.29, 0.717) is 17.1 Å². The summed E-state index contributed by atoms with van der Waals surface area (Å²) in [6, 6.07) is 5.89. The molecule has 0 aromatic heterocycles. The van der Waals surface area contributed by atoms with Crippen molar-refractivity contribution < 1.29 is 9.13 Å². The highest BCUT2D eigenvalue weighted by Crippen LogP contribution is 2.22. The Kier molecular flexibility index (Phi) is 4.71. The van der Waals surface area contributed by atoms with E-state index in [0.717, 1.165) is 25.3 Å². The fraction of sp³-hybridized carbons (Fsp3) is 0.600. The van der Waals surface area contributed by atoms with E-state index in [4.69, 9.17) is 4.74 Å². The van der Waals surface area contributed by atoms with Gasteiger partial charge in [-0.3, -0.25) is 4.90 Å². The summed E-state index contributed by atoms with van der Waals surface area (Å²) in [7, 11) is 0. The molecule has 110 valence electrons. The van der Waals surface area contributed by atoms with Gasteiger partial charge in [0, 0.05) is 25.7 Å². The van der Waals surface area contributed by atoms with E-state index in [1.54, 1.807) is 12.1 Å². The number of ether oxygens (including phenoxy) is 1. The second-order valence-corrected chi connectivity index (χ2v) is 6.48. The molecule has 1 N–H and O–H groups in total. The number of rotatable bonds is 4. The van der Waals surface area contributed by atoms with Crippen LogP contribution in [0, 0.1) is 5.82 Å². The Balaban J connectivity index is 1.44. The maximum absolute atomic E-state index is 13.4. The maximum Gasteiger partial charge on any atom is 0.137 e. The van der Waals surface area contributed by atoms with Crippen LogP contribution in [0.4, 0.5) is 4.39 Å². The quantitative estimate of drug-likeness (QED) is 0.909. The number of nitrogens with one attached hydrogen (secondary N) is 1. The van der Waals surface area contributed by atoms with Crippen LogP contribution in [0.5, 0.6) is 0 Å². The standard InChI is InChI=1S/C15H20BrFN2O/c16-14-4-3-11(6-15(14)17)7-18-8-13-9-19-5-1-2-12(19)10-20-13/h3-4,6,12-13,18H,1-2,5,7-10H2. The molecule has 2 fully saturated rings. The fourth-order valence-corrected chi connectivity index (χ4v) is 3.28. The monoisotopic (exact) mass is 342 g/mol. The van der Waals surface area contributed by atoms with Crippen molar-refractivity contribution in [1.29, 1.82) is 0 Å². The Morgan fingerprint density at radius 1 is 1.45 bits per heavy atom. The molecule has 2 saturated heterocycles. The van der Waals surface area contributed by atoms with Gasteiger partial charge in [0.1, 0.15) is 5.82 Å². The SMILES string of the molecule is Fc1cc(CNCC2CN3CCCC3CO2)ccc1Br. The number of halogens is 2. The maximum atomic E-state index is 13.4. The molecule has 0 radical (unpaired) electrons. The third-order valence-electron chi connectivity index (χ3n) is 4.15. The molecular weight excluding hydrogens is 323 g/mol. The van der Waals surface area contributed by atoms with Crippen LogP contribution < -0.4 is 5.32 Å². The molecule has 0 aliphatic carbocycles. The first kappa shape index (κ1) is 14.4. The normalized spacial score (nSPS) is 26.7. The Hall–Kier alpha value is -0.490. The first-order chi connectivity index (χ1) is 9.72. The lowest BCUT2D eigenvalue weighted by atomic mass is 10.2. The van der Waals surface area contributed by atoms with E-state index in [-0.39, 0.29) is 11.9 Å². The van der Waals surface area contributed by atoms with Crippen molar-refractivity contribution in [2.45, 2.75) is 31.5 Å². The second kappa shape index (κ2) is 6.52. The van der Waals surface area contributed by atoms with E-state index in [9.17, 15) is 4.39 Å². The molecule has 3 nitrogen and oxygen atoms in total. The summed E-state index contributed by atoms with van der Waals surface area (Å²) in [5.41, 5.74) is 0.959. The van der Waals surface area contributed by atoms with Crippen molar-refractivity contribution >= 4 is 15.9 Å².